The minimum Gasteiger partial charge on any atom is -0.229 e. The number of fused-ring (bicyclic) bond motifs is 3. The van der Waals surface area contributed by atoms with Crippen LogP contribution in [0.2, 0.25) is 0 Å². The first-order valence-corrected chi connectivity index (χ1v) is 8.97. The number of hydrogen-bond donors (Lipinski definition) is 0. The normalized spacial score (nSPS) is 18.7. The molecule has 19 heavy (non-hydrogen) atoms. The number of rotatable bonds is 4. The molecule has 0 N–H and O–H groups in total. The number of thiophene rings is 1. The van der Waals surface area contributed by atoms with E-state index in [1.807, 2.05) is 23.1 Å². The number of aryl methyl sites for hydroxylation is 1. The summed E-state index contributed by atoms with van der Waals surface area (Å²) in [6, 6.07) is 0. The van der Waals surface area contributed by atoms with Crippen LogP contribution in [-0.4, -0.2) is 15.7 Å². The van der Waals surface area contributed by atoms with E-state index in [9.17, 15) is 0 Å². The van der Waals surface area contributed by atoms with Gasteiger partial charge in [0.25, 0.3) is 0 Å². The predicted molar refractivity (Wildman–Crippen MR) is 84.2 cm³/mol. The lowest BCUT2D eigenvalue weighted by molar-refractivity contribution is 0.509. The zero-order chi connectivity index (χ0) is 13.2. The molecule has 0 saturated carbocycles. The van der Waals surface area contributed by atoms with Crippen LogP contribution in [0.15, 0.2) is 11.4 Å². The van der Waals surface area contributed by atoms with E-state index in [1.165, 1.54) is 53.1 Å². The third-order valence-corrected chi connectivity index (χ3v) is 6.03. The van der Waals surface area contributed by atoms with Gasteiger partial charge in [-0.15, -0.1) is 23.1 Å². The lowest BCUT2D eigenvalue weighted by Gasteiger charge is -2.18. The van der Waals surface area contributed by atoms with Crippen molar-refractivity contribution in [3.63, 3.8) is 0 Å². The number of nitrogens with zero attached hydrogens (tertiary/aromatic N) is 2. The second-order valence-electron chi connectivity index (χ2n) is 5.41. The maximum atomic E-state index is 4.54. The van der Waals surface area contributed by atoms with Gasteiger partial charge in [-0.2, -0.15) is 0 Å². The quantitative estimate of drug-likeness (QED) is 0.464. The highest BCUT2D eigenvalue weighted by molar-refractivity contribution is 7.99. The van der Waals surface area contributed by atoms with Crippen LogP contribution in [0.3, 0.4) is 0 Å². The van der Waals surface area contributed by atoms with Gasteiger partial charge in [-0.3, -0.25) is 0 Å². The van der Waals surface area contributed by atoms with Gasteiger partial charge in [-0.25, -0.2) is 9.97 Å². The van der Waals surface area contributed by atoms with E-state index in [1.54, 1.807) is 16.8 Å². The van der Waals surface area contributed by atoms with Crippen LogP contribution in [0.4, 0.5) is 0 Å². The Labute approximate surface area is 123 Å². The van der Waals surface area contributed by atoms with Crippen molar-refractivity contribution < 1.29 is 0 Å². The summed E-state index contributed by atoms with van der Waals surface area (Å²) in [4.78, 5) is 11.8. The fourth-order valence-electron chi connectivity index (χ4n) is 2.67. The number of unbranched alkanes of at least 4 members (excludes halogenated alkanes) is 1. The Hall–Kier alpha value is -0.610. The Kier molecular flexibility index (Phi) is 4.08. The molecule has 2 nitrogen and oxygen atoms in total. The second-order valence-corrected chi connectivity index (χ2v) is 7.58. The first kappa shape index (κ1) is 13.4. The van der Waals surface area contributed by atoms with Gasteiger partial charge in [0.15, 0.2) is 0 Å². The van der Waals surface area contributed by atoms with Crippen molar-refractivity contribution >= 4 is 33.3 Å². The van der Waals surface area contributed by atoms with Crippen LogP contribution in [0.5, 0.6) is 0 Å². The van der Waals surface area contributed by atoms with Crippen molar-refractivity contribution in [3.8, 4) is 0 Å². The minimum atomic E-state index is 0.824. The van der Waals surface area contributed by atoms with Crippen molar-refractivity contribution in [2.24, 2.45) is 5.92 Å². The molecule has 102 valence electrons. The molecule has 0 radical (unpaired) electrons. The molecule has 1 atom stereocenters. The SMILES string of the molecule is CCCCSc1ncnc2sc3c(c12)CC[C@H](C)C3. The average molecular weight is 292 g/mol. The molecule has 0 saturated heterocycles. The fourth-order valence-corrected chi connectivity index (χ4v) is 5.20. The Morgan fingerprint density at radius 3 is 3.16 bits per heavy atom. The summed E-state index contributed by atoms with van der Waals surface area (Å²) in [6.45, 7) is 4.60. The second kappa shape index (κ2) is 5.80. The molecule has 2 heterocycles. The average Bonchev–Trinajstić information content (AvgIpc) is 2.77. The lowest BCUT2D eigenvalue weighted by atomic mass is 9.89. The number of thioether (sulfide) groups is 1. The Balaban J connectivity index is 1.99. The maximum Gasteiger partial charge on any atom is 0.128 e. The molecular formula is C15H20N2S2. The maximum absolute atomic E-state index is 4.54. The van der Waals surface area contributed by atoms with E-state index in [2.05, 4.69) is 23.8 Å². The molecule has 2 aromatic heterocycles. The third-order valence-electron chi connectivity index (χ3n) is 3.79. The molecule has 4 heteroatoms. The largest absolute Gasteiger partial charge is 0.229 e. The van der Waals surface area contributed by atoms with Crippen molar-refractivity contribution in [1.82, 2.24) is 9.97 Å². The highest BCUT2D eigenvalue weighted by Crippen LogP contribution is 2.40. The van der Waals surface area contributed by atoms with Gasteiger partial charge in [0.05, 0.1) is 0 Å². The van der Waals surface area contributed by atoms with E-state index in [4.69, 9.17) is 0 Å². The molecule has 2 aromatic rings. The first-order chi connectivity index (χ1) is 9.29. The van der Waals surface area contributed by atoms with E-state index >= 15 is 0 Å². The molecular weight excluding hydrogens is 272 g/mol. The zero-order valence-corrected chi connectivity index (χ0v) is 13.2. The summed E-state index contributed by atoms with van der Waals surface area (Å²) >= 11 is 3.80. The number of hydrogen-bond acceptors (Lipinski definition) is 4. The van der Waals surface area contributed by atoms with Gasteiger partial charge in [0.1, 0.15) is 16.2 Å². The van der Waals surface area contributed by atoms with E-state index in [0.717, 1.165) is 5.92 Å². The highest BCUT2D eigenvalue weighted by atomic mass is 32.2. The molecule has 1 aliphatic carbocycles. The van der Waals surface area contributed by atoms with Crippen LogP contribution < -0.4 is 0 Å². The van der Waals surface area contributed by atoms with Crippen molar-refractivity contribution in [3.05, 3.63) is 16.8 Å². The van der Waals surface area contributed by atoms with E-state index in [0.29, 0.717) is 0 Å². The summed E-state index contributed by atoms with van der Waals surface area (Å²) in [7, 11) is 0. The molecule has 0 aromatic carbocycles. The van der Waals surface area contributed by atoms with Gasteiger partial charge in [0, 0.05) is 10.3 Å². The van der Waals surface area contributed by atoms with E-state index in [-0.39, 0.29) is 0 Å². The van der Waals surface area contributed by atoms with Crippen molar-refractivity contribution in [2.75, 3.05) is 5.75 Å². The van der Waals surface area contributed by atoms with Gasteiger partial charge >= 0.3 is 0 Å². The summed E-state index contributed by atoms with van der Waals surface area (Å²) in [6.07, 6.45) is 8.01. The van der Waals surface area contributed by atoms with Crippen LogP contribution >= 0.6 is 23.1 Å². The van der Waals surface area contributed by atoms with E-state index < -0.39 is 0 Å². The van der Waals surface area contributed by atoms with Crippen molar-refractivity contribution in [1.29, 1.82) is 0 Å². The van der Waals surface area contributed by atoms with Gasteiger partial charge in [0.2, 0.25) is 0 Å². The monoisotopic (exact) mass is 292 g/mol. The molecule has 0 fully saturated rings. The Morgan fingerprint density at radius 2 is 2.32 bits per heavy atom. The topological polar surface area (TPSA) is 25.8 Å². The molecule has 0 bridgehead atoms. The van der Waals surface area contributed by atoms with Gasteiger partial charge in [-0.1, -0.05) is 20.3 Å². The van der Waals surface area contributed by atoms with Crippen molar-refractivity contribution in [2.45, 2.75) is 51.0 Å². The Morgan fingerprint density at radius 1 is 1.42 bits per heavy atom. The lowest BCUT2D eigenvalue weighted by Crippen LogP contribution is -2.08. The smallest absolute Gasteiger partial charge is 0.128 e. The molecule has 0 aliphatic heterocycles. The highest BCUT2D eigenvalue weighted by Gasteiger charge is 2.22. The standard InChI is InChI=1S/C15H20N2S2/c1-3-4-7-18-14-13-11-6-5-10(2)8-12(11)19-15(13)17-9-16-14/h9-10H,3-8H2,1-2H3/t10-/m0/s1. The van der Waals surface area contributed by atoms with Crippen LogP contribution in [0.25, 0.3) is 10.2 Å². The summed E-state index contributed by atoms with van der Waals surface area (Å²) in [5, 5.41) is 2.58. The summed E-state index contributed by atoms with van der Waals surface area (Å²) in [5.41, 5.74) is 1.55. The first-order valence-electron chi connectivity index (χ1n) is 7.17. The number of aromatic nitrogens is 2. The molecule has 3 rings (SSSR count). The minimum absolute atomic E-state index is 0.824. The van der Waals surface area contributed by atoms with Gasteiger partial charge < -0.3 is 0 Å². The summed E-state index contributed by atoms with van der Waals surface area (Å²) in [5.74, 6) is 1.99. The predicted octanol–water partition coefficient (Wildman–Crippen LogP) is 4.71. The van der Waals surface area contributed by atoms with Crippen LogP contribution in [0, 0.1) is 5.92 Å². The molecule has 0 unspecified atom stereocenters. The molecule has 1 aliphatic rings. The molecule has 0 spiro atoms. The van der Waals surface area contributed by atoms with Gasteiger partial charge in [-0.05, 0) is 42.9 Å². The zero-order valence-electron chi connectivity index (χ0n) is 11.6. The third kappa shape index (κ3) is 2.65. The Bertz CT molecular complexity index is 577. The molecule has 0 amide bonds. The van der Waals surface area contributed by atoms with Crippen LogP contribution in [0.1, 0.15) is 43.6 Å². The van der Waals surface area contributed by atoms with Crippen LogP contribution in [-0.2, 0) is 12.8 Å². The summed E-state index contributed by atoms with van der Waals surface area (Å²) < 4.78 is 0. The fraction of sp³-hybridized carbons (Fsp3) is 0.600.